The number of β-amino-alcohol motifs (C(OH)–C–C–N with tert-alkyl or cyclic N) is 1. The van der Waals surface area contributed by atoms with Gasteiger partial charge in [-0.1, -0.05) is 57.6 Å². The Labute approximate surface area is 301 Å². The third-order valence-corrected chi connectivity index (χ3v) is 10.9. The molecule has 0 radical (unpaired) electrons. The summed E-state index contributed by atoms with van der Waals surface area (Å²) in [5.74, 6) is -0.978. The SMILES string of the molecule is CN(C/C(=N\O)[C@@H](CCN1CCC(N2CCCC(CC(=O)N3CC(O)C3)C2=O)CC1)c1ccc(Cl)c(Cl)c1)C(=O)c1cc(Cl)cc(Cl)c1. The van der Waals surface area contributed by atoms with E-state index in [2.05, 4.69) is 10.1 Å². The number of benzene rings is 2. The van der Waals surface area contributed by atoms with E-state index in [1.807, 2.05) is 11.0 Å². The van der Waals surface area contributed by atoms with Crippen LogP contribution < -0.4 is 0 Å². The molecule has 0 spiro atoms. The van der Waals surface area contributed by atoms with Crippen LogP contribution in [0.2, 0.25) is 20.1 Å². The highest BCUT2D eigenvalue weighted by atomic mass is 35.5. The van der Waals surface area contributed by atoms with E-state index in [-0.39, 0.29) is 48.6 Å². The molecule has 3 fully saturated rings. The smallest absolute Gasteiger partial charge is 0.254 e. The zero-order valence-corrected chi connectivity index (χ0v) is 29.9. The maximum atomic E-state index is 13.4. The molecule has 3 heterocycles. The van der Waals surface area contributed by atoms with Crippen LogP contribution >= 0.6 is 46.4 Å². The molecule has 0 saturated carbocycles. The fourth-order valence-electron chi connectivity index (χ4n) is 6.97. The van der Waals surface area contributed by atoms with Crippen molar-refractivity contribution in [3.05, 3.63) is 67.6 Å². The van der Waals surface area contributed by atoms with Gasteiger partial charge in [0.25, 0.3) is 5.91 Å². The van der Waals surface area contributed by atoms with Gasteiger partial charge in [-0.05, 0) is 74.5 Å². The van der Waals surface area contributed by atoms with E-state index in [1.165, 1.54) is 4.90 Å². The molecule has 0 aliphatic carbocycles. The van der Waals surface area contributed by atoms with Crippen molar-refractivity contribution >= 4 is 69.8 Å². The highest BCUT2D eigenvalue weighted by Crippen LogP contribution is 2.32. The molecule has 5 rings (SSSR count). The quantitative estimate of drug-likeness (QED) is 0.174. The fourth-order valence-corrected chi connectivity index (χ4v) is 7.80. The molecule has 260 valence electrons. The Bertz CT molecular complexity index is 1510. The Kier molecular flexibility index (Phi) is 12.5. The normalized spacial score (nSPS) is 20.5. The first-order valence-corrected chi connectivity index (χ1v) is 17.8. The van der Waals surface area contributed by atoms with E-state index in [0.29, 0.717) is 64.0 Å². The highest BCUT2D eigenvalue weighted by Gasteiger charge is 2.38. The van der Waals surface area contributed by atoms with E-state index >= 15 is 0 Å². The topological polar surface area (TPSA) is 117 Å². The van der Waals surface area contributed by atoms with Crippen LogP contribution in [0.15, 0.2) is 41.6 Å². The molecular formula is C34H41Cl4N5O5. The molecule has 3 saturated heterocycles. The number of halogens is 4. The molecule has 10 nitrogen and oxygen atoms in total. The van der Waals surface area contributed by atoms with Gasteiger partial charge >= 0.3 is 0 Å². The van der Waals surface area contributed by atoms with Crippen LogP contribution in [0, 0.1) is 5.92 Å². The number of hydrogen-bond acceptors (Lipinski definition) is 7. The lowest BCUT2D eigenvalue weighted by molar-refractivity contribution is -0.150. The molecule has 1 unspecified atom stereocenters. The van der Waals surface area contributed by atoms with Gasteiger partial charge < -0.3 is 29.9 Å². The molecule has 2 atom stereocenters. The summed E-state index contributed by atoms with van der Waals surface area (Å²) in [6, 6.07) is 10.1. The Morgan fingerprint density at radius 2 is 1.67 bits per heavy atom. The summed E-state index contributed by atoms with van der Waals surface area (Å²) in [7, 11) is 1.62. The monoisotopic (exact) mass is 739 g/mol. The third-order valence-electron chi connectivity index (χ3n) is 9.68. The zero-order valence-electron chi connectivity index (χ0n) is 26.8. The first kappa shape index (κ1) is 36.7. The van der Waals surface area contributed by atoms with Crippen LogP contribution in [-0.2, 0) is 9.59 Å². The minimum atomic E-state index is -0.454. The number of aliphatic hydroxyl groups excluding tert-OH is 1. The first-order chi connectivity index (χ1) is 22.9. The van der Waals surface area contributed by atoms with E-state index in [4.69, 9.17) is 46.4 Å². The van der Waals surface area contributed by atoms with Crippen molar-refractivity contribution in [3.63, 3.8) is 0 Å². The van der Waals surface area contributed by atoms with Gasteiger partial charge in [0.1, 0.15) is 0 Å². The predicted molar refractivity (Wildman–Crippen MR) is 188 cm³/mol. The van der Waals surface area contributed by atoms with Crippen LogP contribution in [0.4, 0.5) is 0 Å². The van der Waals surface area contributed by atoms with Gasteiger partial charge in [-0.15, -0.1) is 0 Å². The highest BCUT2D eigenvalue weighted by molar-refractivity contribution is 6.42. The number of piperidine rings is 2. The zero-order chi connectivity index (χ0) is 34.5. The van der Waals surface area contributed by atoms with Crippen LogP contribution in [0.25, 0.3) is 0 Å². The van der Waals surface area contributed by atoms with Gasteiger partial charge in [0, 0.05) is 79.7 Å². The number of carbonyl (C=O) groups is 3. The van der Waals surface area contributed by atoms with Gasteiger partial charge in [0.15, 0.2) is 0 Å². The number of hydrogen-bond donors (Lipinski definition) is 2. The number of aliphatic hydroxyl groups is 1. The minimum Gasteiger partial charge on any atom is -0.411 e. The molecule has 2 aromatic rings. The number of nitrogens with zero attached hydrogens (tertiary/aromatic N) is 5. The van der Waals surface area contributed by atoms with Crippen molar-refractivity contribution in [3.8, 4) is 0 Å². The van der Waals surface area contributed by atoms with Crippen molar-refractivity contribution in [2.75, 3.05) is 52.9 Å². The second-order valence-corrected chi connectivity index (χ2v) is 14.7. The van der Waals surface area contributed by atoms with Gasteiger partial charge in [0.2, 0.25) is 11.8 Å². The summed E-state index contributed by atoms with van der Waals surface area (Å²) >= 11 is 24.9. The Balaban J connectivity index is 1.20. The van der Waals surface area contributed by atoms with Crippen molar-refractivity contribution in [1.82, 2.24) is 19.6 Å². The lowest BCUT2D eigenvalue weighted by atomic mass is 9.89. The van der Waals surface area contributed by atoms with Crippen molar-refractivity contribution in [2.24, 2.45) is 11.1 Å². The summed E-state index contributed by atoms with van der Waals surface area (Å²) in [5.41, 5.74) is 1.52. The molecule has 48 heavy (non-hydrogen) atoms. The van der Waals surface area contributed by atoms with Gasteiger partial charge in [0.05, 0.1) is 28.4 Å². The Morgan fingerprint density at radius 3 is 2.29 bits per heavy atom. The summed E-state index contributed by atoms with van der Waals surface area (Å²) < 4.78 is 0. The molecule has 2 aromatic carbocycles. The molecule has 14 heteroatoms. The maximum absolute atomic E-state index is 13.4. The largest absolute Gasteiger partial charge is 0.411 e. The average molecular weight is 742 g/mol. The van der Waals surface area contributed by atoms with Crippen LogP contribution in [0.1, 0.15) is 60.4 Å². The van der Waals surface area contributed by atoms with E-state index < -0.39 is 6.10 Å². The minimum absolute atomic E-state index is 0.0472. The summed E-state index contributed by atoms with van der Waals surface area (Å²) in [5, 5.41) is 24.9. The summed E-state index contributed by atoms with van der Waals surface area (Å²) in [6.07, 6.45) is 3.58. The maximum Gasteiger partial charge on any atom is 0.254 e. The Hall–Kier alpha value is -2.60. The van der Waals surface area contributed by atoms with Crippen LogP contribution in [0.3, 0.4) is 0 Å². The lowest BCUT2D eigenvalue weighted by Crippen LogP contribution is -2.55. The average Bonchev–Trinajstić information content (AvgIpc) is 3.04. The van der Waals surface area contributed by atoms with E-state index in [0.717, 1.165) is 44.3 Å². The van der Waals surface area contributed by atoms with Crippen molar-refractivity contribution in [2.45, 2.75) is 56.6 Å². The number of amides is 3. The summed E-state index contributed by atoms with van der Waals surface area (Å²) in [4.78, 5) is 46.7. The number of rotatable bonds is 11. The molecule has 0 bridgehead atoms. The number of oxime groups is 1. The van der Waals surface area contributed by atoms with Crippen molar-refractivity contribution in [1.29, 1.82) is 0 Å². The third kappa shape index (κ3) is 8.94. The van der Waals surface area contributed by atoms with Gasteiger partial charge in [-0.3, -0.25) is 14.4 Å². The lowest BCUT2D eigenvalue weighted by Gasteiger charge is -2.43. The van der Waals surface area contributed by atoms with Crippen LogP contribution in [0.5, 0.6) is 0 Å². The number of carbonyl (C=O) groups excluding carboxylic acids is 3. The molecular weight excluding hydrogens is 700 g/mol. The molecule has 3 aliphatic heterocycles. The first-order valence-electron chi connectivity index (χ1n) is 16.3. The Morgan fingerprint density at radius 1 is 0.979 bits per heavy atom. The molecule has 0 aromatic heterocycles. The second kappa shape index (κ2) is 16.4. The molecule has 3 amide bonds. The van der Waals surface area contributed by atoms with Gasteiger partial charge in [-0.2, -0.15) is 0 Å². The summed E-state index contributed by atoms with van der Waals surface area (Å²) in [6.45, 7) is 3.73. The second-order valence-electron chi connectivity index (χ2n) is 13.0. The predicted octanol–water partition coefficient (Wildman–Crippen LogP) is 5.67. The van der Waals surface area contributed by atoms with E-state index in [1.54, 1.807) is 42.3 Å². The number of likely N-dealkylation sites (tertiary alicyclic amines) is 3. The van der Waals surface area contributed by atoms with E-state index in [9.17, 15) is 24.7 Å². The van der Waals surface area contributed by atoms with Crippen LogP contribution in [-0.4, -0.2) is 118 Å². The standard InChI is InChI=1S/C34H41Cl4N5O5/c1-40(33(46)23-13-24(35)17-25(36)14-23)20-31(39-48)28(21-4-5-29(37)30(38)15-21)8-12-41-10-6-26(7-11-41)43-9-2-3-22(34(43)47)16-32(45)42-18-27(44)19-42/h4-5,13-15,17,22,26-28,44,48H,2-3,6-12,16,18-20H2,1H3/b39-31+/t22?,28-/m0/s1. The fraction of sp³-hybridized carbons (Fsp3) is 0.529. The van der Waals surface area contributed by atoms with Gasteiger partial charge in [-0.25, -0.2) is 0 Å². The van der Waals surface area contributed by atoms with Crippen molar-refractivity contribution < 1.29 is 24.7 Å². The molecule has 3 aliphatic rings. The molecule has 2 N–H and O–H groups in total.